The largest absolute Gasteiger partial charge is 0.312 e. The van der Waals surface area contributed by atoms with Gasteiger partial charge in [-0.05, 0) is 37.8 Å². The quantitative estimate of drug-likeness (QED) is 0.382. The molecule has 0 saturated carbocycles. The second kappa shape index (κ2) is 6.83. The molecule has 1 aromatic rings. The van der Waals surface area contributed by atoms with Gasteiger partial charge in [-0.15, -0.1) is 0 Å². The monoisotopic (exact) mass is 260 g/mol. The number of nitrogens with one attached hydrogen (secondary N) is 1. The molecule has 0 unspecified atom stereocenters. The predicted molar refractivity (Wildman–Crippen MR) is 76.6 cm³/mol. The van der Waals surface area contributed by atoms with Gasteiger partial charge in [-0.1, -0.05) is 31.5 Å². The van der Waals surface area contributed by atoms with E-state index in [0.29, 0.717) is 5.56 Å². The Labute approximate surface area is 113 Å². The highest BCUT2D eigenvalue weighted by Crippen LogP contribution is 2.20. The van der Waals surface area contributed by atoms with Crippen molar-refractivity contribution in [2.45, 2.75) is 40.5 Å². The van der Waals surface area contributed by atoms with Crippen LogP contribution in [0.4, 0.5) is 0 Å². The minimum atomic E-state index is -0.689. The molecule has 1 rings (SSSR count). The smallest absolute Gasteiger partial charge is 0.283 e. The molecule has 4 nitrogen and oxygen atoms in total. The number of ketones is 1. The van der Waals surface area contributed by atoms with E-state index in [0.717, 1.165) is 29.5 Å². The highest BCUT2D eigenvalue weighted by atomic mass is 16.2. The van der Waals surface area contributed by atoms with Gasteiger partial charge in [0, 0.05) is 11.8 Å². The van der Waals surface area contributed by atoms with Crippen molar-refractivity contribution in [1.29, 1.82) is 0 Å². The fourth-order valence-electron chi connectivity index (χ4n) is 2.08. The number of aryl methyl sites for hydroxylation is 3. The predicted octanol–water partition coefficient (Wildman–Crippen LogP) is 2.42. The number of hydrogen-bond acceptors (Lipinski definition) is 3. The number of amides is 1. The molecule has 102 valence electrons. The molecule has 0 spiro atoms. The molecule has 0 aliphatic heterocycles. The standard InChI is InChI=1S/C15H20N2O2/c1-5-11-8-10(4)9-12(6-2)13(11)14(18)15(19)17-16-7-3/h7-9H,5-6H2,1-4H3,(H,17,19). The summed E-state index contributed by atoms with van der Waals surface area (Å²) in [5, 5.41) is 3.60. The molecule has 0 atom stereocenters. The molecular formula is C15H20N2O2. The molecule has 1 aromatic carbocycles. The number of carbonyl (C=O) groups excluding carboxylic acids is 2. The van der Waals surface area contributed by atoms with E-state index in [1.165, 1.54) is 6.21 Å². The van der Waals surface area contributed by atoms with Gasteiger partial charge in [0.15, 0.2) is 0 Å². The molecule has 19 heavy (non-hydrogen) atoms. The minimum absolute atomic E-state index is 0.515. The number of rotatable bonds is 5. The van der Waals surface area contributed by atoms with Gasteiger partial charge in [0.05, 0.1) is 0 Å². The van der Waals surface area contributed by atoms with Crippen LogP contribution in [0.3, 0.4) is 0 Å². The summed E-state index contributed by atoms with van der Waals surface area (Å²) in [7, 11) is 0. The molecule has 1 amide bonds. The third-order valence-corrected chi connectivity index (χ3v) is 2.94. The van der Waals surface area contributed by atoms with E-state index in [9.17, 15) is 9.59 Å². The van der Waals surface area contributed by atoms with Crippen molar-refractivity contribution < 1.29 is 9.59 Å². The van der Waals surface area contributed by atoms with Crippen LogP contribution in [0.1, 0.15) is 47.8 Å². The van der Waals surface area contributed by atoms with Crippen LogP contribution in [0, 0.1) is 6.92 Å². The van der Waals surface area contributed by atoms with Crippen LogP contribution in [0.5, 0.6) is 0 Å². The van der Waals surface area contributed by atoms with E-state index in [2.05, 4.69) is 10.5 Å². The first-order valence-electron chi connectivity index (χ1n) is 6.49. The van der Waals surface area contributed by atoms with Crippen LogP contribution in [-0.2, 0) is 17.6 Å². The van der Waals surface area contributed by atoms with Crippen molar-refractivity contribution in [3.63, 3.8) is 0 Å². The summed E-state index contributed by atoms with van der Waals surface area (Å²) in [6.07, 6.45) is 2.88. The lowest BCUT2D eigenvalue weighted by atomic mass is 9.92. The molecular weight excluding hydrogens is 240 g/mol. The molecule has 0 bridgehead atoms. The van der Waals surface area contributed by atoms with Gasteiger partial charge in [-0.3, -0.25) is 9.59 Å². The molecule has 0 aromatic heterocycles. The van der Waals surface area contributed by atoms with E-state index in [1.807, 2.05) is 32.9 Å². The van der Waals surface area contributed by atoms with E-state index >= 15 is 0 Å². The summed E-state index contributed by atoms with van der Waals surface area (Å²) >= 11 is 0. The van der Waals surface area contributed by atoms with E-state index in [-0.39, 0.29) is 0 Å². The zero-order valence-corrected chi connectivity index (χ0v) is 11.9. The van der Waals surface area contributed by atoms with Crippen molar-refractivity contribution >= 4 is 17.9 Å². The third kappa shape index (κ3) is 3.50. The molecule has 0 fully saturated rings. The lowest BCUT2D eigenvalue weighted by Gasteiger charge is -2.12. The van der Waals surface area contributed by atoms with Crippen molar-refractivity contribution in [3.05, 3.63) is 34.4 Å². The molecule has 0 saturated heterocycles. The average molecular weight is 260 g/mol. The number of carbonyl (C=O) groups is 2. The van der Waals surface area contributed by atoms with Gasteiger partial charge in [0.2, 0.25) is 0 Å². The Morgan fingerprint density at radius 1 is 1.21 bits per heavy atom. The van der Waals surface area contributed by atoms with E-state index in [1.54, 1.807) is 6.92 Å². The van der Waals surface area contributed by atoms with Gasteiger partial charge in [-0.2, -0.15) is 5.10 Å². The SMILES string of the molecule is CC=NNC(=O)C(=O)c1c(CC)cc(C)cc1CC. The normalized spacial score (nSPS) is 10.7. The summed E-state index contributed by atoms with van der Waals surface area (Å²) in [6.45, 7) is 7.62. The van der Waals surface area contributed by atoms with E-state index < -0.39 is 11.7 Å². The Balaban J connectivity index is 3.24. The highest BCUT2D eigenvalue weighted by Gasteiger charge is 2.21. The molecule has 0 radical (unpaired) electrons. The number of nitrogens with zero attached hydrogens (tertiary/aromatic N) is 1. The van der Waals surface area contributed by atoms with Gasteiger partial charge in [0.25, 0.3) is 5.78 Å². The van der Waals surface area contributed by atoms with Crippen molar-refractivity contribution in [2.24, 2.45) is 5.10 Å². The Hall–Kier alpha value is -1.97. The Morgan fingerprint density at radius 2 is 1.74 bits per heavy atom. The van der Waals surface area contributed by atoms with Crippen LogP contribution in [-0.4, -0.2) is 17.9 Å². The second-order valence-corrected chi connectivity index (χ2v) is 4.32. The summed E-state index contributed by atoms with van der Waals surface area (Å²) in [5.74, 6) is -1.20. The van der Waals surface area contributed by atoms with Gasteiger partial charge >= 0.3 is 5.91 Å². The highest BCUT2D eigenvalue weighted by molar-refractivity contribution is 6.43. The lowest BCUT2D eigenvalue weighted by Crippen LogP contribution is -2.28. The summed E-state index contributed by atoms with van der Waals surface area (Å²) < 4.78 is 0. The molecule has 0 heterocycles. The fourth-order valence-corrected chi connectivity index (χ4v) is 2.08. The van der Waals surface area contributed by atoms with E-state index in [4.69, 9.17) is 0 Å². The topological polar surface area (TPSA) is 58.5 Å². The van der Waals surface area contributed by atoms with Gasteiger partial charge in [-0.25, -0.2) is 5.43 Å². The van der Waals surface area contributed by atoms with Crippen molar-refractivity contribution in [1.82, 2.24) is 5.43 Å². The van der Waals surface area contributed by atoms with Crippen LogP contribution in [0.25, 0.3) is 0 Å². The zero-order chi connectivity index (χ0) is 14.4. The number of hydrogen-bond donors (Lipinski definition) is 1. The van der Waals surface area contributed by atoms with Crippen molar-refractivity contribution in [3.8, 4) is 0 Å². The molecule has 1 N–H and O–H groups in total. The lowest BCUT2D eigenvalue weighted by molar-refractivity contribution is -0.117. The van der Waals surface area contributed by atoms with Crippen LogP contribution >= 0.6 is 0 Å². The van der Waals surface area contributed by atoms with Crippen LogP contribution < -0.4 is 5.43 Å². The number of benzene rings is 1. The van der Waals surface area contributed by atoms with Gasteiger partial charge < -0.3 is 0 Å². The number of hydrazone groups is 1. The maximum Gasteiger partial charge on any atom is 0.312 e. The summed E-state index contributed by atoms with van der Waals surface area (Å²) in [6, 6.07) is 3.92. The molecule has 4 heteroatoms. The fraction of sp³-hybridized carbons (Fsp3) is 0.400. The number of Topliss-reactive ketones (excluding diaryl/α,β-unsaturated/α-hetero) is 1. The second-order valence-electron chi connectivity index (χ2n) is 4.32. The van der Waals surface area contributed by atoms with Crippen LogP contribution in [0.2, 0.25) is 0 Å². The average Bonchev–Trinajstić information content (AvgIpc) is 2.42. The first-order chi connectivity index (χ1) is 9.04. The Bertz CT molecular complexity index is 494. The van der Waals surface area contributed by atoms with Gasteiger partial charge in [0.1, 0.15) is 0 Å². The minimum Gasteiger partial charge on any atom is -0.283 e. The zero-order valence-electron chi connectivity index (χ0n) is 11.9. The van der Waals surface area contributed by atoms with Crippen LogP contribution in [0.15, 0.2) is 17.2 Å². The maximum absolute atomic E-state index is 12.2. The maximum atomic E-state index is 12.2. The third-order valence-electron chi connectivity index (χ3n) is 2.94. The Kier molecular flexibility index (Phi) is 5.42. The Morgan fingerprint density at radius 3 is 2.16 bits per heavy atom. The first-order valence-corrected chi connectivity index (χ1v) is 6.49. The molecule has 0 aliphatic carbocycles. The van der Waals surface area contributed by atoms with Crippen molar-refractivity contribution in [2.75, 3.05) is 0 Å². The molecule has 0 aliphatic rings. The summed E-state index contributed by atoms with van der Waals surface area (Å²) in [4.78, 5) is 24.0. The first kappa shape index (κ1) is 15.1. The summed E-state index contributed by atoms with van der Waals surface area (Å²) in [5.41, 5.74) is 5.69.